The molecule has 1 amide bonds. The number of carbonyl (C=O) groups is 1. The minimum absolute atomic E-state index is 0. The second kappa shape index (κ2) is 12.2. The fraction of sp³-hybridized carbons (Fsp3) is 0.900. The molecule has 3 rings (SSSR count). The fourth-order valence-electron chi connectivity index (χ4n) is 4.56. The van der Waals surface area contributed by atoms with Crippen LogP contribution in [0.4, 0.5) is 0 Å². The van der Waals surface area contributed by atoms with Crippen molar-refractivity contribution in [1.82, 2.24) is 24.9 Å². The van der Waals surface area contributed by atoms with Gasteiger partial charge >= 0.3 is 0 Å². The number of rotatable bonds is 4. The highest BCUT2D eigenvalue weighted by Gasteiger charge is 2.24. The summed E-state index contributed by atoms with van der Waals surface area (Å²) in [5, 5.41) is 3.59. The van der Waals surface area contributed by atoms with Crippen molar-refractivity contribution in [3.8, 4) is 0 Å². The van der Waals surface area contributed by atoms with Crippen LogP contribution in [-0.2, 0) is 4.79 Å². The number of guanidine groups is 1. The highest BCUT2D eigenvalue weighted by molar-refractivity contribution is 14.0. The highest BCUT2D eigenvalue weighted by Crippen LogP contribution is 2.14. The summed E-state index contributed by atoms with van der Waals surface area (Å²) in [7, 11) is 4.09. The van der Waals surface area contributed by atoms with Gasteiger partial charge in [-0.25, -0.2) is 0 Å². The lowest BCUT2D eigenvalue weighted by molar-refractivity contribution is -0.133. The Kier molecular flexibility index (Phi) is 10.3. The number of piperidine rings is 2. The zero-order valence-electron chi connectivity index (χ0n) is 17.7. The lowest BCUT2D eigenvalue weighted by Crippen LogP contribution is -2.55. The molecular formula is C20H39IN6O. The maximum Gasteiger partial charge on any atom is 0.236 e. The molecule has 0 saturated carbocycles. The van der Waals surface area contributed by atoms with E-state index in [4.69, 9.17) is 0 Å². The summed E-state index contributed by atoms with van der Waals surface area (Å²) >= 11 is 0. The molecule has 1 N–H and O–H groups in total. The standard InChI is InChI=1S/C20H38N6O.HI/c1-21-20(22-15-18-7-6-8-23(2)16-18)26-13-11-24(12-14-26)17-19(27)25-9-4-3-5-10-25;/h18H,3-17H2,1-2H3,(H,21,22);1H. The van der Waals surface area contributed by atoms with Gasteiger partial charge in [-0.3, -0.25) is 14.7 Å². The van der Waals surface area contributed by atoms with Crippen LogP contribution < -0.4 is 5.32 Å². The Morgan fingerprint density at radius 2 is 1.68 bits per heavy atom. The molecule has 28 heavy (non-hydrogen) atoms. The van der Waals surface area contributed by atoms with Gasteiger partial charge in [0.15, 0.2) is 5.96 Å². The molecule has 1 atom stereocenters. The molecule has 8 heteroatoms. The van der Waals surface area contributed by atoms with Gasteiger partial charge in [0.25, 0.3) is 0 Å². The Bertz CT molecular complexity index is 503. The van der Waals surface area contributed by atoms with E-state index >= 15 is 0 Å². The van der Waals surface area contributed by atoms with Gasteiger partial charge in [0, 0.05) is 59.4 Å². The maximum atomic E-state index is 12.5. The monoisotopic (exact) mass is 506 g/mol. The van der Waals surface area contributed by atoms with Crippen LogP contribution in [0.3, 0.4) is 0 Å². The molecular weight excluding hydrogens is 467 g/mol. The van der Waals surface area contributed by atoms with Crippen LogP contribution in [0.1, 0.15) is 32.1 Å². The SMILES string of the molecule is CN=C(NCC1CCCN(C)C1)N1CCN(CC(=O)N2CCCCC2)CC1.I. The van der Waals surface area contributed by atoms with Crippen molar-refractivity contribution in [2.75, 3.05) is 79.5 Å². The average Bonchev–Trinajstić information content (AvgIpc) is 2.70. The lowest BCUT2D eigenvalue weighted by Gasteiger charge is -2.38. The maximum absolute atomic E-state index is 12.5. The first-order chi connectivity index (χ1) is 13.2. The average molecular weight is 506 g/mol. The van der Waals surface area contributed by atoms with Gasteiger partial charge in [0.05, 0.1) is 6.54 Å². The molecule has 0 aromatic rings. The fourth-order valence-corrected chi connectivity index (χ4v) is 4.56. The first kappa shape index (κ1) is 23.7. The number of nitrogens with zero attached hydrogens (tertiary/aromatic N) is 5. The summed E-state index contributed by atoms with van der Waals surface area (Å²) < 4.78 is 0. The van der Waals surface area contributed by atoms with Crippen LogP contribution in [0.5, 0.6) is 0 Å². The molecule has 1 unspecified atom stereocenters. The van der Waals surface area contributed by atoms with Gasteiger partial charge in [-0.15, -0.1) is 24.0 Å². The van der Waals surface area contributed by atoms with Crippen LogP contribution in [0.15, 0.2) is 4.99 Å². The van der Waals surface area contributed by atoms with Crippen molar-refractivity contribution in [3.63, 3.8) is 0 Å². The van der Waals surface area contributed by atoms with Gasteiger partial charge in [-0.2, -0.15) is 0 Å². The number of nitrogens with one attached hydrogen (secondary N) is 1. The summed E-state index contributed by atoms with van der Waals surface area (Å²) in [6.45, 7) is 9.64. The Labute approximate surface area is 187 Å². The van der Waals surface area contributed by atoms with Gasteiger partial charge in [-0.1, -0.05) is 0 Å². The minimum Gasteiger partial charge on any atom is -0.356 e. The molecule has 0 radical (unpaired) electrons. The predicted molar refractivity (Wildman–Crippen MR) is 125 cm³/mol. The number of carbonyl (C=O) groups excluding carboxylic acids is 1. The van der Waals surface area contributed by atoms with E-state index in [0.29, 0.717) is 18.4 Å². The molecule has 3 heterocycles. The molecule has 3 aliphatic heterocycles. The van der Waals surface area contributed by atoms with Gasteiger partial charge < -0.3 is 20.0 Å². The van der Waals surface area contributed by atoms with Crippen LogP contribution >= 0.6 is 24.0 Å². The van der Waals surface area contributed by atoms with E-state index in [1.54, 1.807) is 0 Å². The van der Waals surface area contributed by atoms with Crippen molar-refractivity contribution >= 4 is 35.8 Å². The summed E-state index contributed by atoms with van der Waals surface area (Å²) in [6, 6.07) is 0. The topological polar surface area (TPSA) is 54.4 Å². The number of hydrogen-bond donors (Lipinski definition) is 1. The summed E-state index contributed by atoms with van der Waals surface area (Å²) in [5.41, 5.74) is 0. The second-order valence-electron chi connectivity index (χ2n) is 8.40. The molecule has 0 aromatic carbocycles. The van der Waals surface area contributed by atoms with E-state index < -0.39 is 0 Å². The van der Waals surface area contributed by atoms with E-state index in [9.17, 15) is 4.79 Å². The number of halogens is 1. The third kappa shape index (κ3) is 7.02. The third-order valence-electron chi connectivity index (χ3n) is 6.22. The molecule has 0 aromatic heterocycles. The predicted octanol–water partition coefficient (Wildman–Crippen LogP) is 1.15. The number of amides is 1. The first-order valence-electron chi connectivity index (χ1n) is 10.8. The Morgan fingerprint density at radius 3 is 2.32 bits per heavy atom. The normalized spacial score (nSPS) is 25.4. The molecule has 3 saturated heterocycles. The van der Waals surface area contributed by atoms with E-state index in [1.807, 2.05) is 7.05 Å². The Morgan fingerprint density at radius 1 is 0.964 bits per heavy atom. The van der Waals surface area contributed by atoms with Crippen molar-refractivity contribution < 1.29 is 4.79 Å². The third-order valence-corrected chi connectivity index (χ3v) is 6.22. The molecule has 3 fully saturated rings. The van der Waals surface area contributed by atoms with Gasteiger partial charge in [0.2, 0.25) is 5.91 Å². The van der Waals surface area contributed by atoms with Crippen LogP contribution in [0.25, 0.3) is 0 Å². The summed E-state index contributed by atoms with van der Waals surface area (Å²) in [6.07, 6.45) is 6.20. The Balaban J connectivity index is 0.00000280. The molecule has 0 spiro atoms. The smallest absolute Gasteiger partial charge is 0.236 e. The summed E-state index contributed by atoms with van der Waals surface area (Å²) in [4.78, 5) is 26.1. The van der Waals surface area contributed by atoms with E-state index in [-0.39, 0.29) is 24.0 Å². The van der Waals surface area contributed by atoms with Crippen molar-refractivity contribution in [2.45, 2.75) is 32.1 Å². The van der Waals surface area contributed by atoms with Gasteiger partial charge in [-0.05, 0) is 51.6 Å². The molecule has 0 bridgehead atoms. The zero-order valence-corrected chi connectivity index (χ0v) is 20.1. The molecule has 0 aliphatic carbocycles. The Hall–Kier alpha value is -0.610. The van der Waals surface area contributed by atoms with E-state index in [2.05, 4.69) is 37.0 Å². The van der Waals surface area contributed by atoms with E-state index in [0.717, 1.165) is 64.6 Å². The first-order valence-corrected chi connectivity index (χ1v) is 10.8. The van der Waals surface area contributed by atoms with Crippen molar-refractivity contribution in [2.24, 2.45) is 10.9 Å². The van der Waals surface area contributed by atoms with Crippen LogP contribution in [0.2, 0.25) is 0 Å². The summed E-state index contributed by atoms with van der Waals surface area (Å²) in [5.74, 6) is 2.04. The molecule has 162 valence electrons. The number of hydrogen-bond acceptors (Lipinski definition) is 4. The minimum atomic E-state index is 0. The second-order valence-corrected chi connectivity index (χ2v) is 8.40. The number of likely N-dealkylation sites (tertiary alicyclic amines) is 2. The quantitative estimate of drug-likeness (QED) is 0.353. The van der Waals surface area contributed by atoms with Crippen molar-refractivity contribution in [1.29, 1.82) is 0 Å². The van der Waals surface area contributed by atoms with Crippen LogP contribution in [-0.4, -0.2) is 111 Å². The number of aliphatic imine (C=N–C) groups is 1. The van der Waals surface area contributed by atoms with Crippen molar-refractivity contribution in [3.05, 3.63) is 0 Å². The van der Waals surface area contributed by atoms with E-state index in [1.165, 1.54) is 32.4 Å². The van der Waals surface area contributed by atoms with Crippen LogP contribution in [0, 0.1) is 5.92 Å². The largest absolute Gasteiger partial charge is 0.356 e. The lowest BCUT2D eigenvalue weighted by atomic mass is 9.98. The highest BCUT2D eigenvalue weighted by atomic mass is 127. The molecule has 7 nitrogen and oxygen atoms in total. The zero-order chi connectivity index (χ0) is 19.1. The number of piperazine rings is 1. The molecule has 3 aliphatic rings. The van der Waals surface area contributed by atoms with Gasteiger partial charge in [0.1, 0.15) is 0 Å².